The second kappa shape index (κ2) is 6.17. The fourth-order valence-corrected chi connectivity index (χ4v) is 2.30. The van der Waals surface area contributed by atoms with Crippen molar-refractivity contribution in [3.05, 3.63) is 28.4 Å². The van der Waals surface area contributed by atoms with Gasteiger partial charge in [-0.2, -0.15) is 5.10 Å². The van der Waals surface area contributed by atoms with Crippen LogP contribution in [0.15, 0.2) is 22.7 Å². The number of hydrogen-bond acceptors (Lipinski definition) is 4. The molecule has 1 aromatic carbocycles. The molecule has 0 spiro atoms. The zero-order valence-corrected chi connectivity index (χ0v) is 13.5. The summed E-state index contributed by atoms with van der Waals surface area (Å²) >= 11 is 3.52. The summed E-state index contributed by atoms with van der Waals surface area (Å²) in [6.07, 6.45) is 0.995. The molecule has 0 unspecified atom stereocenters. The molecule has 1 heterocycles. The number of nitrogens with zero attached hydrogens (tertiary/aromatic N) is 2. The Hall–Kier alpha value is -1.69. The van der Waals surface area contributed by atoms with Gasteiger partial charge in [-0.1, -0.05) is 6.92 Å². The first-order valence-corrected chi connectivity index (χ1v) is 7.29. The smallest absolute Gasteiger partial charge is 0.152 e. The quantitative estimate of drug-likeness (QED) is 0.872. The molecule has 1 aromatic heterocycles. The number of nitrogens with two attached hydrogens (primary N) is 1. The van der Waals surface area contributed by atoms with E-state index in [2.05, 4.69) is 33.3 Å². The summed E-state index contributed by atoms with van der Waals surface area (Å²) in [5.41, 5.74) is 8.51. The van der Waals surface area contributed by atoms with Gasteiger partial charge in [0.2, 0.25) is 0 Å². The molecule has 0 amide bonds. The van der Waals surface area contributed by atoms with E-state index in [1.54, 1.807) is 7.11 Å². The average Bonchev–Trinajstić information content (AvgIpc) is 2.69. The summed E-state index contributed by atoms with van der Waals surface area (Å²) in [5, 5.41) is 7.79. The highest BCUT2D eigenvalue weighted by atomic mass is 79.9. The average molecular weight is 339 g/mol. The van der Waals surface area contributed by atoms with Crippen molar-refractivity contribution in [3.8, 4) is 5.75 Å². The summed E-state index contributed by atoms with van der Waals surface area (Å²) < 4.78 is 8.09. The lowest BCUT2D eigenvalue weighted by Crippen LogP contribution is -2.06. The Labute approximate surface area is 127 Å². The van der Waals surface area contributed by atoms with E-state index in [1.807, 2.05) is 29.8 Å². The third-order valence-corrected chi connectivity index (χ3v) is 3.73. The largest absolute Gasteiger partial charge is 0.497 e. The van der Waals surface area contributed by atoms with Crippen LogP contribution in [0.1, 0.15) is 19.0 Å². The molecule has 3 N–H and O–H groups in total. The highest BCUT2D eigenvalue weighted by Gasteiger charge is 2.13. The second-order valence-corrected chi connectivity index (χ2v) is 5.40. The number of ether oxygens (including phenoxy) is 1. The van der Waals surface area contributed by atoms with Crippen molar-refractivity contribution >= 4 is 33.1 Å². The van der Waals surface area contributed by atoms with Crippen LogP contribution < -0.4 is 15.8 Å². The second-order valence-electron chi connectivity index (χ2n) is 4.54. The van der Waals surface area contributed by atoms with E-state index in [0.29, 0.717) is 5.69 Å². The lowest BCUT2D eigenvalue weighted by Gasteiger charge is -2.12. The van der Waals surface area contributed by atoms with Crippen LogP contribution in [0.3, 0.4) is 0 Å². The number of nitrogens with one attached hydrogen (secondary N) is 1. The Morgan fingerprint density at radius 1 is 1.45 bits per heavy atom. The first kappa shape index (κ1) is 14.7. The van der Waals surface area contributed by atoms with E-state index >= 15 is 0 Å². The molecular weight excluding hydrogens is 320 g/mol. The van der Waals surface area contributed by atoms with Gasteiger partial charge < -0.3 is 15.8 Å². The monoisotopic (exact) mass is 338 g/mol. The molecule has 2 aromatic rings. The zero-order chi connectivity index (χ0) is 14.7. The van der Waals surface area contributed by atoms with Crippen LogP contribution >= 0.6 is 15.9 Å². The van der Waals surface area contributed by atoms with Gasteiger partial charge in [0.1, 0.15) is 5.75 Å². The SMILES string of the molecule is CCCn1nc(C)c(N)c1Nc1cc(OC)ccc1Br. The summed E-state index contributed by atoms with van der Waals surface area (Å²) in [6.45, 7) is 4.84. The Kier molecular flexibility index (Phi) is 4.54. The van der Waals surface area contributed by atoms with Crippen molar-refractivity contribution in [2.45, 2.75) is 26.8 Å². The van der Waals surface area contributed by atoms with Crippen LogP contribution in [0, 0.1) is 6.92 Å². The number of aryl methyl sites for hydroxylation is 2. The topological polar surface area (TPSA) is 65.1 Å². The summed E-state index contributed by atoms with van der Waals surface area (Å²) in [4.78, 5) is 0. The number of rotatable bonds is 5. The van der Waals surface area contributed by atoms with Gasteiger partial charge in [-0.3, -0.25) is 0 Å². The van der Waals surface area contributed by atoms with E-state index in [9.17, 15) is 0 Å². The van der Waals surface area contributed by atoms with E-state index in [0.717, 1.165) is 40.4 Å². The molecule has 0 saturated carbocycles. The maximum Gasteiger partial charge on any atom is 0.152 e. The number of benzene rings is 1. The number of hydrogen-bond donors (Lipinski definition) is 2. The fraction of sp³-hybridized carbons (Fsp3) is 0.357. The minimum absolute atomic E-state index is 0.674. The Balaban J connectivity index is 2.38. The molecule has 0 fully saturated rings. The summed E-state index contributed by atoms with van der Waals surface area (Å²) in [5.74, 6) is 1.60. The van der Waals surface area contributed by atoms with Gasteiger partial charge in [-0.15, -0.1) is 0 Å². The van der Waals surface area contributed by atoms with Gasteiger partial charge in [-0.05, 0) is 41.4 Å². The Morgan fingerprint density at radius 3 is 2.85 bits per heavy atom. The lowest BCUT2D eigenvalue weighted by atomic mass is 10.3. The van der Waals surface area contributed by atoms with E-state index in [-0.39, 0.29) is 0 Å². The number of halogens is 1. The van der Waals surface area contributed by atoms with Crippen molar-refractivity contribution in [1.29, 1.82) is 0 Å². The van der Waals surface area contributed by atoms with Crippen LogP contribution in [0.5, 0.6) is 5.75 Å². The first-order chi connectivity index (χ1) is 9.56. The van der Waals surface area contributed by atoms with Crippen molar-refractivity contribution in [2.24, 2.45) is 0 Å². The van der Waals surface area contributed by atoms with Crippen molar-refractivity contribution in [1.82, 2.24) is 9.78 Å². The van der Waals surface area contributed by atoms with Gasteiger partial charge in [-0.25, -0.2) is 4.68 Å². The predicted octanol–water partition coefficient (Wildman–Crippen LogP) is 3.70. The third-order valence-electron chi connectivity index (χ3n) is 3.04. The molecule has 0 bridgehead atoms. The van der Waals surface area contributed by atoms with Crippen LogP contribution in [0.4, 0.5) is 17.2 Å². The van der Waals surface area contributed by atoms with Crippen molar-refractivity contribution in [3.63, 3.8) is 0 Å². The van der Waals surface area contributed by atoms with Gasteiger partial charge in [0.05, 0.1) is 24.2 Å². The predicted molar refractivity (Wildman–Crippen MR) is 85.6 cm³/mol. The van der Waals surface area contributed by atoms with E-state index in [1.165, 1.54) is 0 Å². The molecular formula is C14H19BrN4O. The van der Waals surface area contributed by atoms with Crippen LogP contribution in [-0.4, -0.2) is 16.9 Å². The van der Waals surface area contributed by atoms with Gasteiger partial charge in [0.15, 0.2) is 5.82 Å². The normalized spacial score (nSPS) is 10.6. The van der Waals surface area contributed by atoms with Crippen molar-refractivity contribution in [2.75, 3.05) is 18.2 Å². The highest BCUT2D eigenvalue weighted by molar-refractivity contribution is 9.10. The Morgan fingerprint density at radius 2 is 2.20 bits per heavy atom. The third kappa shape index (κ3) is 2.90. The molecule has 0 aliphatic rings. The molecule has 0 saturated heterocycles. The molecule has 5 nitrogen and oxygen atoms in total. The Bertz CT molecular complexity index is 609. The number of methoxy groups -OCH3 is 1. The van der Waals surface area contributed by atoms with Crippen LogP contribution in [0.25, 0.3) is 0 Å². The molecule has 20 heavy (non-hydrogen) atoms. The minimum atomic E-state index is 0.674. The minimum Gasteiger partial charge on any atom is -0.497 e. The molecule has 0 aliphatic heterocycles. The van der Waals surface area contributed by atoms with Crippen LogP contribution in [0.2, 0.25) is 0 Å². The number of aromatic nitrogens is 2. The van der Waals surface area contributed by atoms with Crippen LogP contribution in [-0.2, 0) is 6.54 Å². The number of anilines is 3. The standard InChI is InChI=1S/C14H19BrN4O/c1-4-7-19-14(13(16)9(2)18-19)17-12-8-10(20-3)5-6-11(12)15/h5-6,8,17H,4,7,16H2,1-3H3. The van der Waals surface area contributed by atoms with Gasteiger partial charge in [0.25, 0.3) is 0 Å². The maximum atomic E-state index is 6.11. The van der Waals surface area contributed by atoms with Gasteiger partial charge in [0, 0.05) is 17.1 Å². The highest BCUT2D eigenvalue weighted by Crippen LogP contribution is 2.32. The van der Waals surface area contributed by atoms with E-state index < -0.39 is 0 Å². The molecule has 6 heteroatoms. The number of nitrogen functional groups attached to an aromatic ring is 1. The molecule has 108 valence electrons. The molecule has 0 radical (unpaired) electrons. The summed E-state index contributed by atoms with van der Waals surface area (Å²) in [7, 11) is 1.65. The van der Waals surface area contributed by atoms with E-state index in [4.69, 9.17) is 10.5 Å². The molecule has 0 aliphatic carbocycles. The fourth-order valence-electron chi connectivity index (χ4n) is 1.96. The maximum absolute atomic E-state index is 6.11. The zero-order valence-electron chi connectivity index (χ0n) is 11.9. The van der Waals surface area contributed by atoms with Crippen molar-refractivity contribution < 1.29 is 4.74 Å². The lowest BCUT2D eigenvalue weighted by molar-refractivity contribution is 0.415. The first-order valence-electron chi connectivity index (χ1n) is 6.50. The summed E-state index contributed by atoms with van der Waals surface area (Å²) in [6, 6.07) is 5.75. The molecule has 0 atom stereocenters. The van der Waals surface area contributed by atoms with Gasteiger partial charge >= 0.3 is 0 Å². The molecule has 2 rings (SSSR count).